The average Bonchev–Trinajstić information content (AvgIpc) is 3.30. The lowest BCUT2D eigenvalue weighted by atomic mass is 10.2. The van der Waals surface area contributed by atoms with E-state index in [1.165, 1.54) is 0 Å². The van der Waals surface area contributed by atoms with Crippen LogP contribution in [0.4, 0.5) is 4.39 Å². The summed E-state index contributed by atoms with van der Waals surface area (Å²) in [5.41, 5.74) is -1.98. The number of nitrogens with one attached hydrogen (secondary N) is 1. The molecule has 40 heavy (non-hydrogen) atoms. The van der Waals surface area contributed by atoms with Gasteiger partial charge in [-0.05, 0) is 44.9 Å². The molecule has 2 heterocycles. The lowest BCUT2D eigenvalue weighted by molar-refractivity contribution is -0.150. The summed E-state index contributed by atoms with van der Waals surface area (Å²) in [5.74, 6) is -1.58. The molecule has 1 aromatic rings. The highest BCUT2D eigenvalue weighted by Gasteiger charge is 2.36. The summed E-state index contributed by atoms with van der Waals surface area (Å²) in [6.07, 6.45) is 29.6. The first-order valence-corrected chi connectivity index (χ1v) is 13.8. The molecule has 0 amide bonds. The summed E-state index contributed by atoms with van der Waals surface area (Å²) in [7, 11) is 0. The maximum absolute atomic E-state index is 13.5. The lowest BCUT2D eigenvalue weighted by Gasteiger charge is -2.16. The van der Waals surface area contributed by atoms with Gasteiger partial charge in [0.15, 0.2) is 0 Å². The highest BCUT2D eigenvalue weighted by molar-refractivity contribution is 5.69. The van der Waals surface area contributed by atoms with Crippen LogP contribution in [-0.4, -0.2) is 39.4 Å². The Kier molecular flexibility index (Phi) is 15.9. The standard InChI is InChI=1S/C31H41FN2O6/c1-2-3-4-5-6-7-8-9-10-11-12-13-14-15-16-17-18-19-20-21-29(36)39-24-27-26(35)22-28(40-27)34-23-25(32)30(37)33-31(34)38/h3-4,6-7,9-10,12-13,15-16,18-19,23,26-28,35H,2,5,8,11,14,17,20-22,24H2,1H3,(H,33,37,38)/b4-3+,7-6+,10-9+,13-12+,16-15+,19-18+/t26-,27+,28+/m0/s1. The molecule has 1 saturated heterocycles. The molecule has 0 aliphatic carbocycles. The van der Waals surface area contributed by atoms with Gasteiger partial charge in [0.2, 0.25) is 5.82 Å². The van der Waals surface area contributed by atoms with Crippen LogP contribution in [0.25, 0.3) is 0 Å². The molecule has 3 atom stereocenters. The van der Waals surface area contributed by atoms with E-state index in [0.29, 0.717) is 6.42 Å². The second-order valence-corrected chi connectivity index (χ2v) is 9.21. The molecule has 1 aliphatic rings. The number of halogens is 1. The second kappa shape index (κ2) is 19.5. The van der Waals surface area contributed by atoms with Crippen molar-refractivity contribution >= 4 is 5.97 Å². The van der Waals surface area contributed by atoms with Crippen molar-refractivity contribution in [2.24, 2.45) is 0 Å². The van der Waals surface area contributed by atoms with Gasteiger partial charge in [0.05, 0.1) is 12.3 Å². The molecule has 0 aromatic carbocycles. The number of hydrogen-bond donors (Lipinski definition) is 2. The van der Waals surface area contributed by atoms with Crippen LogP contribution < -0.4 is 11.2 Å². The molecule has 0 saturated carbocycles. The summed E-state index contributed by atoms with van der Waals surface area (Å²) in [6.45, 7) is 1.94. The first kappa shape index (κ1) is 32.7. The van der Waals surface area contributed by atoms with E-state index in [-0.39, 0.29) is 19.4 Å². The van der Waals surface area contributed by atoms with Gasteiger partial charge in [-0.1, -0.05) is 79.8 Å². The number of rotatable bonds is 17. The number of H-pyrrole nitrogens is 1. The predicted molar refractivity (Wildman–Crippen MR) is 154 cm³/mol. The molecule has 8 nitrogen and oxygen atoms in total. The fourth-order valence-corrected chi connectivity index (χ4v) is 3.80. The summed E-state index contributed by atoms with van der Waals surface area (Å²) >= 11 is 0. The smallest absolute Gasteiger partial charge is 0.330 e. The molecule has 0 spiro atoms. The molecule has 2 rings (SSSR count). The Morgan fingerprint density at radius 3 is 2.05 bits per heavy atom. The molecular weight excluding hydrogens is 515 g/mol. The molecule has 1 aliphatic heterocycles. The van der Waals surface area contributed by atoms with Crippen LogP contribution in [0.3, 0.4) is 0 Å². The minimum absolute atomic E-state index is 0.00779. The highest BCUT2D eigenvalue weighted by Crippen LogP contribution is 2.27. The van der Waals surface area contributed by atoms with Crippen molar-refractivity contribution in [3.8, 4) is 0 Å². The Morgan fingerprint density at radius 1 is 0.975 bits per heavy atom. The van der Waals surface area contributed by atoms with Gasteiger partial charge in [-0.3, -0.25) is 19.1 Å². The lowest BCUT2D eigenvalue weighted by Crippen LogP contribution is -2.34. The summed E-state index contributed by atoms with van der Waals surface area (Å²) < 4.78 is 25.1. The van der Waals surface area contributed by atoms with Crippen molar-refractivity contribution in [2.75, 3.05) is 6.61 Å². The van der Waals surface area contributed by atoms with Crippen LogP contribution in [-0.2, 0) is 14.3 Å². The molecule has 0 radical (unpaired) electrons. The van der Waals surface area contributed by atoms with Crippen molar-refractivity contribution in [3.05, 3.63) is 106 Å². The number of aromatic nitrogens is 2. The molecular formula is C31H41FN2O6. The molecule has 218 valence electrons. The number of aromatic amines is 1. The van der Waals surface area contributed by atoms with Crippen molar-refractivity contribution in [1.82, 2.24) is 9.55 Å². The maximum atomic E-state index is 13.5. The second-order valence-electron chi connectivity index (χ2n) is 9.21. The molecule has 1 aromatic heterocycles. The normalized spacial score (nSPS) is 20.0. The monoisotopic (exact) mass is 556 g/mol. The van der Waals surface area contributed by atoms with E-state index >= 15 is 0 Å². The number of aliphatic hydroxyl groups excluding tert-OH is 1. The predicted octanol–water partition coefficient (Wildman–Crippen LogP) is 5.35. The van der Waals surface area contributed by atoms with E-state index < -0.39 is 41.5 Å². The number of hydrogen-bond acceptors (Lipinski definition) is 6. The summed E-state index contributed by atoms with van der Waals surface area (Å²) in [6, 6.07) is 0. The maximum Gasteiger partial charge on any atom is 0.330 e. The van der Waals surface area contributed by atoms with Crippen LogP contribution in [0.5, 0.6) is 0 Å². The molecule has 1 fully saturated rings. The van der Waals surface area contributed by atoms with Crippen molar-refractivity contribution in [1.29, 1.82) is 0 Å². The molecule has 9 heteroatoms. The number of ether oxygens (including phenoxy) is 2. The third-order valence-electron chi connectivity index (χ3n) is 5.96. The Bertz CT molecular complexity index is 1190. The highest BCUT2D eigenvalue weighted by atomic mass is 19.1. The fraction of sp³-hybridized carbons (Fsp3) is 0.452. The Hall–Kier alpha value is -3.56. The van der Waals surface area contributed by atoms with E-state index in [1.54, 1.807) is 0 Å². The number of esters is 1. The average molecular weight is 557 g/mol. The van der Waals surface area contributed by atoms with E-state index in [2.05, 4.69) is 67.7 Å². The van der Waals surface area contributed by atoms with E-state index in [0.717, 1.165) is 49.3 Å². The van der Waals surface area contributed by atoms with E-state index in [9.17, 15) is 23.9 Å². The minimum atomic E-state index is -1.14. The van der Waals surface area contributed by atoms with E-state index in [1.807, 2.05) is 17.1 Å². The van der Waals surface area contributed by atoms with Gasteiger partial charge >= 0.3 is 11.7 Å². The number of allylic oxidation sites excluding steroid dienone is 12. The third-order valence-corrected chi connectivity index (χ3v) is 5.96. The molecule has 2 N–H and O–H groups in total. The summed E-state index contributed by atoms with van der Waals surface area (Å²) in [4.78, 5) is 36.9. The number of aliphatic hydroxyl groups is 1. The SMILES string of the molecule is CC/C=C/C/C=C/C/C=C/C/C=C/C/C=C/C/C=C/CCC(=O)OC[C@H]1O[C@@H](n2cc(F)c(=O)[nH]c2=O)C[C@@H]1O. The zero-order chi connectivity index (χ0) is 29.0. The van der Waals surface area contributed by atoms with Crippen LogP contribution in [0.1, 0.15) is 70.9 Å². The summed E-state index contributed by atoms with van der Waals surface area (Å²) in [5, 5.41) is 10.2. The quantitative estimate of drug-likeness (QED) is 0.198. The van der Waals surface area contributed by atoms with Crippen LogP contribution in [0.2, 0.25) is 0 Å². The van der Waals surface area contributed by atoms with Gasteiger partial charge in [-0.15, -0.1) is 0 Å². The number of carbonyl (C=O) groups is 1. The fourth-order valence-electron chi connectivity index (χ4n) is 3.80. The Morgan fingerprint density at radius 2 is 1.50 bits per heavy atom. The minimum Gasteiger partial charge on any atom is -0.463 e. The zero-order valence-corrected chi connectivity index (χ0v) is 23.1. The van der Waals surface area contributed by atoms with Crippen LogP contribution in [0, 0.1) is 5.82 Å². The largest absolute Gasteiger partial charge is 0.463 e. The van der Waals surface area contributed by atoms with Crippen LogP contribution >= 0.6 is 0 Å². The van der Waals surface area contributed by atoms with Crippen molar-refractivity contribution in [2.45, 2.75) is 83.1 Å². The molecule has 0 unspecified atom stereocenters. The van der Waals surface area contributed by atoms with Gasteiger partial charge in [0, 0.05) is 12.8 Å². The molecule has 0 bridgehead atoms. The van der Waals surface area contributed by atoms with Gasteiger partial charge in [0.25, 0.3) is 5.56 Å². The van der Waals surface area contributed by atoms with Gasteiger partial charge in [0.1, 0.15) is 18.9 Å². The topological polar surface area (TPSA) is 111 Å². The Labute approximate surface area is 234 Å². The van der Waals surface area contributed by atoms with E-state index in [4.69, 9.17) is 9.47 Å². The van der Waals surface area contributed by atoms with Crippen molar-refractivity contribution < 1.29 is 23.8 Å². The first-order valence-electron chi connectivity index (χ1n) is 13.8. The zero-order valence-electron chi connectivity index (χ0n) is 23.1. The van der Waals surface area contributed by atoms with Gasteiger partial charge in [-0.2, -0.15) is 4.39 Å². The third kappa shape index (κ3) is 13.0. The Balaban J connectivity index is 1.53. The van der Waals surface area contributed by atoms with Gasteiger partial charge < -0.3 is 14.6 Å². The van der Waals surface area contributed by atoms with Crippen molar-refractivity contribution in [3.63, 3.8) is 0 Å². The van der Waals surface area contributed by atoms with Gasteiger partial charge in [-0.25, -0.2) is 4.79 Å². The number of nitrogens with zero attached hydrogens (tertiary/aromatic N) is 1. The number of carbonyl (C=O) groups excluding carboxylic acids is 1. The van der Waals surface area contributed by atoms with Crippen LogP contribution in [0.15, 0.2) is 88.7 Å². The first-order chi connectivity index (χ1) is 19.4.